The number of para-hydroxylation sites is 1. The van der Waals surface area contributed by atoms with Crippen molar-refractivity contribution in [1.29, 1.82) is 0 Å². The van der Waals surface area contributed by atoms with E-state index in [4.69, 9.17) is 4.74 Å². The van der Waals surface area contributed by atoms with E-state index < -0.39 is 5.60 Å². The Hall–Kier alpha value is -1.59. The maximum Gasteiger partial charge on any atom is 0.242 e. The van der Waals surface area contributed by atoms with Gasteiger partial charge in [0.25, 0.3) is 0 Å². The van der Waals surface area contributed by atoms with Crippen molar-refractivity contribution in [1.82, 2.24) is 4.90 Å². The largest absolute Gasteiger partial charge is 0.394 e. The summed E-state index contributed by atoms with van der Waals surface area (Å²) in [6, 6.07) is 9.63. The minimum Gasteiger partial charge on any atom is -0.394 e. The molecule has 110 valence electrons. The quantitative estimate of drug-likeness (QED) is 0.865. The molecule has 0 radical (unpaired) electrons. The van der Waals surface area contributed by atoms with Crippen molar-refractivity contribution in [2.45, 2.75) is 25.6 Å². The molecular formula is C15H22N2O3. The van der Waals surface area contributed by atoms with Gasteiger partial charge in [0.1, 0.15) is 0 Å². The second-order valence-electron chi connectivity index (χ2n) is 5.68. The molecule has 1 heterocycles. The van der Waals surface area contributed by atoms with Gasteiger partial charge in [-0.2, -0.15) is 0 Å². The van der Waals surface area contributed by atoms with Gasteiger partial charge in [0.2, 0.25) is 5.91 Å². The van der Waals surface area contributed by atoms with Gasteiger partial charge in [0.15, 0.2) is 0 Å². The smallest absolute Gasteiger partial charge is 0.242 e. The van der Waals surface area contributed by atoms with E-state index in [2.05, 4.69) is 5.32 Å². The first-order valence-electron chi connectivity index (χ1n) is 6.85. The van der Waals surface area contributed by atoms with Crippen molar-refractivity contribution in [2.75, 3.05) is 31.6 Å². The molecule has 2 N–H and O–H groups in total. The van der Waals surface area contributed by atoms with Gasteiger partial charge in [0, 0.05) is 18.8 Å². The molecule has 1 aromatic rings. The summed E-state index contributed by atoms with van der Waals surface area (Å²) in [5.74, 6) is 0.0173. The number of anilines is 1. The zero-order valence-corrected chi connectivity index (χ0v) is 12.0. The first-order chi connectivity index (χ1) is 9.50. The van der Waals surface area contributed by atoms with Crippen LogP contribution in [0.2, 0.25) is 0 Å². The third-order valence-corrected chi connectivity index (χ3v) is 3.26. The fourth-order valence-corrected chi connectivity index (χ4v) is 2.43. The average Bonchev–Trinajstić information content (AvgIpc) is 2.44. The minimum atomic E-state index is -0.423. The van der Waals surface area contributed by atoms with Crippen LogP contribution in [0.3, 0.4) is 0 Å². The number of carbonyl (C=O) groups excluding carboxylic acids is 1. The van der Waals surface area contributed by atoms with Crippen molar-refractivity contribution in [3.8, 4) is 0 Å². The number of hydrogen-bond acceptors (Lipinski definition) is 4. The molecule has 1 amide bonds. The zero-order chi connectivity index (χ0) is 14.6. The number of ether oxygens (including phenoxy) is 1. The number of rotatable bonds is 4. The predicted octanol–water partition coefficient (Wildman–Crippen LogP) is 1.10. The van der Waals surface area contributed by atoms with Crippen molar-refractivity contribution in [2.24, 2.45) is 0 Å². The predicted molar refractivity (Wildman–Crippen MR) is 77.5 cm³/mol. The van der Waals surface area contributed by atoms with Crippen LogP contribution in [0, 0.1) is 0 Å². The van der Waals surface area contributed by atoms with E-state index >= 15 is 0 Å². The highest BCUT2D eigenvalue weighted by molar-refractivity contribution is 5.81. The summed E-state index contributed by atoms with van der Waals surface area (Å²) < 4.78 is 5.70. The Morgan fingerprint density at radius 3 is 2.80 bits per heavy atom. The molecule has 1 fully saturated rings. The van der Waals surface area contributed by atoms with Crippen LogP contribution in [-0.2, 0) is 9.53 Å². The van der Waals surface area contributed by atoms with Crippen molar-refractivity contribution < 1.29 is 14.6 Å². The SMILES string of the molecule is CC1(C)CN(C(=O)CNc2ccccc2)CC(CO)O1. The summed E-state index contributed by atoms with van der Waals surface area (Å²) in [4.78, 5) is 14.0. The number of morpholine rings is 1. The highest BCUT2D eigenvalue weighted by atomic mass is 16.5. The lowest BCUT2D eigenvalue weighted by molar-refractivity contribution is -0.165. The molecule has 5 nitrogen and oxygen atoms in total. The summed E-state index contributed by atoms with van der Waals surface area (Å²) in [7, 11) is 0. The zero-order valence-electron chi connectivity index (χ0n) is 12.0. The van der Waals surface area contributed by atoms with Crippen LogP contribution in [0.15, 0.2) is 30.3 Å². The van der Waals surface area contributed by atoms with E-state index in [-0.39, 0.29) is 25.2 Å². The van der Waals surface area contributed by atoms with Crippen LogP contribution in [0.25, 0.3) is 0 Å². The molecular weight excluding hydrogens is 256 g/mol. The maximum absolute atomic E-state index is 12.2. The number of hydrogen-bond donors (Lipinski definition) is 2. The number of aliphatic hydroxyl groups excluding tert-OH is 1. The van der Waals surface area contributed by atoms with Crippen LogP contribution >= 0.6 is 0 Å². The summed E-state index contributed by atoms with van der Waals surface area (Å²) in [5.41, 5.74) is 0.501. The van der Waals surface area contributed by atoms with E-state index in [1.165, 1.54) is 0 Å². The highest BCUT2D eigenvalue weighted by Gasteiger charge is 2.34. The monoisotopic (exact) mass is 278 g/mol. The van der Waals surface area contributed by atoms with E-state index in [0.29, 0.717) is 13.1 Å². The molecule has 1 aliphatic heterocycles. The Bertz CT molecular complexity index is 448. The Labute approximate surface area is 119 Å². The fraction of sp³-hybridized carbons (Fsp3) is 0.533. The molecule has 1 atom stereocenters. The van der Waals surface area contributed by atoms with Gasteiger partial charge >= 0.3 is 0 Å². The first kappa shape index (κ1) is 14.8. The van der Waals surface area contributed by atoms with E-state index in [1.54, 1.807) is 4.90 Å². The molecule has 0 spiro atoms. The third kappa shape index (κ3) is 3.95. The Morgan fingerprint density at radius 2 is 2.15 bits per heavy atom. The number of nitrogens with zero attached hydrogens (tertiary/aromatic N) is 1. The summed E-state index contributed by atoms with van der Waals surface area (Å²) in [5, 5.41) is 12.4. The van der Waals surface area contributed by atoms with Gasteiger partial charge in [-0.1, -0.05) is 18.2 Å². The summed E-state index contributed by atoms with van der Waals surface area (Å²) in [6.45, 7) is 5.02. The number of nitrogens with one attached hydrogen (secondary N) is 1. The van der Waals surface area contributed by atoms with Crippen molar-refractivity contribution in [3.63, 3.8) is 0 Å². The first-order valence-corrected chi connectivity index (χ1v) is 6.85. The molecule has 20 heavy (non-hydrogen) atoms. The number of benzene rings is 1. The molecule has 1 saturated heterocycles. The fourth-order valence-electron chi connectivity index (χ4n) is 2.43. The second-order valence-corrected chi connectivity index (χ2v) is 5.68. The van der Waals surface area contributed by atoms with E-state index in [9.17, 15) is 9.90 Å². The van der Waals surface area contributed by atoms with Gasteiger partial charge in [-0.3, -0.25) is 4.79 Å². The lowest BCUT2D eigenvalue weighted by atomic mass is 10.1. The normalized spacial score (nSPS) is 21.6. The second kappa shape index (κ2) is 6.24. The molecule has 0 saturated carbocycles. The molecule has 0 aliphatic carbocycles. The minimum absolute atomic E-state index is 0.0173. The van der Waals surface area contributed by atoms with Crippen LogP contribution in [0.5, 0.6) is 0 Å². The number of carbonyl (C=O) groups is 1. The number of amides is 1. The Balaban J connectivity index is 1.91. The average molecular weight is 278 g/mol. The molecule has 1 unspecified atom stereocenters. The molecule has 0 bridgehead atoms. The topological polar surface area (TPSA) is 61.8 Å². The van der Waals surface area contributed by atoms with Crippen LogP contribution in [0.4, 0.5) is 5.69 Å². The van der Waals surface area contributed by atoms with Crippen LogP contribution in [0.1, 0.15) is 13.8 Å². The summed E-state index contributed by atoms with van der Waals surface area (Å²) in [6.07, 6.45) is -0.306. The van der Waals surface area contributed by atoms with Gasteiger partial charge in [-0.05, 0) is 26.0 Å². The molecule has 1 aliphatic rings. The molecule has 2 rings (SSSR count). The van der Waals surface area contributed by atoms with Crippen LogP contribution in [-0.4, -0.2) is 53.9 Å². The standard InChI is InChI=1S/C15H22N2O3/c1-15(2)11-17(9-13(10-18)20-15)14(19)8-16-12-6-4-3-5-7-12/h3-7,13,16,18H,8-11H2,1-2H3. The van der Waals surface area contributed by atoms with Crippen molar-refractivity contribution in [3.05, 3.63) is 30.3 Å². The number of aliphatic hydroxyl groups is 1. The lowest BCUT2D eigenvalue weighted by Gasteiger charge is -2.42. The maximum atomic E-state index is 12.2. The Kier molecular flexibility index (Phi) is 4.62. The van der Waals surface area contributed by atoms with E-state index in [1.807, 2.05) is 44.2 Å². The lowest BCUT2D eigenvalue weighted by Crippen LogP contribution is -2.56. The third-order valence-electron chi connectivity index (χ3n) is 3.26. The van der Waals surface area contributed by atoms with Gasteiger partial charge < -0.3 is 20.1 Å². The highest BCUT2D eigenvalue weighted by Crippen LogP contribution is 2.21. The summed E-state index contributed by atoms with van der Waals surface area (Å²) >= 11 is 0. The van der Waals surface area contributed by atoms with Gasteiger partial charge in [-0.25, -0.2) is 0 Å². The van der Waals surface area contributed by atoms with Crippen molar-refractivity contribution >= 4 is 11.6 Å². The Morgan fingerprint density at radius 1 is 1.45 bits per heavy atom. The van der Waals surface area contributed by atoms with Gasteiger partial charge in [0.05, 0.1) is 24.9 Å². The van der Waals surface area contributed by atoms with Gasteiger partial charge in [-0.15, -0.1) is 0 Å². The molecule has 5 heteroatoms. The molecule has 0 aromatic heterocycles. The van der Waals surface area contributed by atoms with Crippen LogP contribution < -0.4 is 5.32 Å². The van der Waals surface area contributed by atoms with E-state index in [0.717, 1.165) is 5.69 Å². The molecule has 1 aromatic carbocycles.